The first-order chi connectivity index (χ1) is 8.67. The summed E-state index contributed by atoms with van der Waals surface area (Å²) in [7, 11) is 0. The largest absolute Gasteiger partial charge is 0.450 e. The van der Waals surface area contributed by atoms with Crippen LogP contribution in [-0.4, -0.2) is 25.4 Å². The van der Waals surface area contributed by atoms with E-state index in [1.54, 1.807) is 38.1 Å². The highest BCUT2D eigenvalue weighted by atomic mass is 16.6. The van der Waals surface area contributed by atoms with Crippen molar-refractivity contribution in [3.63, 3.8) is 0 Å². The first kappa shape index (κ1) is 13.8. The molecule has 1 aromatic carbocycles. The number of nitrogens with one attached hydrogen (secondary N) is 2. The van der Waals surface area contributed by atoms with Crippen LogP contribution in [0.4, 0.5) is 21.0 Å². The van der Waals surface area contributed by atoms with E-state index in [0.717, 1.165) is 0 Å². The molecular weight excluding hydrogens is 236 g/mol. The summed E-state index contributed by atoms with van der Waals surface area (Å²) in [5, 5.41) is 5.05. The van der Waals surface area contributed by atoms with Crippen LogP contribution in [0.5, 0.6) is 0 Å². The monoisotopic (exact) mass is 252 g/mol. The summed E-state index contributed by atoms with van der Waals surface area (Å²) in [6.07, 6.45) is -1.15. The fourth-order valence-corrected chi connectivity index (χ4v) is 1.26. The van der Waals surface area contributed by atoms with E-state index in [1.165, 1.54) is 0 Å². The molecule has 0 aliphatic carbocycles. The number of para-hydroxylation sites is 2. The van der Waals surface area contributed by atoms with Gasteiger partial charge in [-0.2, -0.15) is 0 Å². The van der Waals surface area contributed by atoms with Crippen LogP contribution in [0.1, 0.15) is 13.8 Å². The van der Waals surface area contributed by atoms with E-state index in [9.17, 15) is 9.59 Å². The molecule has 1 aromatic rings. The SMILES string of the molecule is CCOC(=O)Nc1ccccc1NC(=O)OCC. The van der Waals surface area contributed by atoms with Crippen molar-refractivity contribution in [3.8, 4) is 0 Å². The van der Waals surface area contributed by atoms with E-state index >= 15 is 0 Å². The first-order valence-corrected chi connectivity index (χ1v) is 5.64. The van der Waals surface area contributed by atoms with Crippen LogP contribution in [0, 0.1) is 0 Å². The van der Waals surface area contributed by atoms with Gasteiger partial charge in [0.15, 0.2) is 0 Å². The molecule has 0 radical (unpaired) electrons. The van der Waals surface area contributed by atoms with Crippen LogP contribution >= 0.6 is 0 Å². The Labute approximate surface area is 105 Å². The van der Waals surface area contributed by atoms with Gasteiger partial charge in [0.05, 0.1) is 24.6 Å². The third kappa shape index (κ3) is 4.32. The molecule has 0 aliphatic heterocycles. The number of ether oxygens (including phenoxy) is 2. The number of carbonyl (C=O) groups excluding carboxylic acids is 2. The molecule has 98 valence electrons. The number of benzene rings is 1. The topological polar surface area (TPSA) is 76.7 Å². The molecule has 0 bridgehead atoms. The van der Waals surface area contributed by atoms with E-state index < -0.39 is 12.2 Å². The van der Waals surface area contributed by atoms with Crippen molar-refractivity contribution >= 4 is 23.6 Å². The lowest BCUT2D eigenvalue weighted by molar-refractivity contribution is 0.166. The van der Waals surface area contributed by atoms with Gasteiger partial charge in [0, 0.05) is 0 Å². The molecule has 0 fully saturated rings. The maximum atomic E-state index is 11.3. The van der Waals surface area contributed by atoms with Crippen molar-refractivity contribution in [3.05, 3.63) is 24.3 Å². The van der Waals surface area contributed by atoms with Crippen LogP contribution in [0.25, 0.3) is 0 Å². The first-order valence-electron chi connectivity index (χ1n) is 5.64. The van der Waals surface area contributed by atoms with Gasteiger partial charge in [-0.05, 0) is 26.0 Å². The average molecular weight is 252 g/mol. The van der Waals surface area contributed by atoms with E-state index in [0.29, 0.717) is 11.4 Å². The molecule has 0 unspecified atom stereocenters. The van der Waals surface area contributed by atoms with Crippen LogP contribution in [0.15, 0.2) is 24.3 Å². The lowest BCUT2D eigenvalue weighted by Gasteiger charge is -2.11. The molecule has 0 heterocycles. The number of rotatable bonds is 4. The Morgan fingerprint density at radius 1 is 0.944 bits per heavy atom. The zero-order chi connectivity index (χ0) is 13.4. The fraction of sp³-hybridized carbons (Fsp3) is 0.333. The predicted octanol–water partition coefficient (Wildman–Crippen LogP) is 2.82. The van der Waals surface area contributed by atoms with Crippen molar-refractivity contribution in [1.82, 2.24) is 0 Å². The second-order valence-corrected chi connectivity index (χ2v) is 3.24. The van der Waals surface area contributed by atoms with Crippen LogP contribution in [0.3, 0.4) is 0 Å². The Hall–Kier alpha value is -2.24. The van der Waals surface area contributed by atoms with Crippen molar-refractivity contribution in [1.29, 1.82) is 0 Å². The van der Waals surface area contributed by atoms with Gasteiger partial charge in [-0.1, -0.05) is 12.1 Å². The smallest absolute Gasteiger partial charge is 0.411 e. The molecule has 0 saturated heterocycles. The quantitative estimate of drug-likeness (QED) is 0.863. The third-order valence-corrected chi connectivity index (χ3v) is 1.95. The van der Waals surface area contributed by atoms with Gasteiger partial charge in [0.25, 0.3) is 0 Å². The molecule has 0 spiro atoms. The summed E-state index contributed by atoms with van der Waals surface area (Å²) in [5.74, 6) is 0. The zero-order valence-electron chi connectivity index (χ0n) is 10.4. The zero-order valence-corrected chi connectivity index (χ0v) is 10.4. The average Bonchev–Trinajstić information content (AvgIpc) is 2.32. The van der Waals surface area contributed by atoms with Crippen molar-refractivity contribution < 1.29 is 19.1 Å². The summed E-state index contributed by atoms with van der Waals surface area (Å²) in [5.41, 5.74) is 0.896. The molecule has 18 heavy (non-hydrogen) atoms. The van der Waals surface area contributed by atoms with Crippen molar-refractivity contribution in [2.45, 2.75) is 13.8 Å². The van der Waals surface area contributed by atoms with Gasteiger partial charge in [-0.25, -0.2) is 9.59 Å². The lowest BCUT2D eigenvalue weighted by atomic mass is 10.2. The highest BCUT2D eigenvalue weighted by molar-refractivity contribution is 5.95. The normalized spacial score (nSPS) is 9.44. The number of hydrogen-bond donors (Lipinski definition) is 2. The Balaban J connectivity index is 2.73. The standard InChI is InChI=1S/C12H16N2O4/c1-3-17-11(15)13-9-7-5-6-8-10(9)14-12(16)18-4-2/h5-8H,3-4H2,1-2H3,(H,13,15)(H,14,16). The fourth-order valence-electron chi connectivity index (χ4n) is 1.26. The molecule has 6 heteroatoms. The number of hydrogen-bond acceptors (Lipinski definition) is 4. The minimum absolute atomic E-state index is 0.277. The molecule has 0 aromatic heterocycles. The molecule has 0 atom stereocenters. The van der Waals surface area contributed by atoms with Crippen LogP contribution in [-0.2, 0) is 9.47 Å². The Morgan fingerprint density at radius 2 is 1.33 bits per heavy atom. The van der Waals surface area contributed by atoms with Gasteiger partial charge < -0.3 is 9.47 Å². The van der Waals surface area contributed by atoms with Crippen LogP contribution in [0.2, 0.25) is 0 Å². The minimum atomic E-state index is -0.574. The van der Waals surface area contributed by atoms with Crippen molar-refractivity contribution in [2.24, 2.45) is 0 Å². The van der Waals surface area contributed by atoms with Crippen LogP contribution < -0.4 is 10.6 Å². The summed E-state index contributed by atoms with van der Waals surface area (Å²) in [6.45, 7) is 3.98. The summed E-state index contributed by atoms with van der Waals surface area (Å²) in [4.78, 5) is 22.6. The minimum Gasteiger partial charge on any atom is -0.450 e. The summed E-state index contributed by atoms with van der Waals surface area (Å²) in [6, 6.07) is 6.77. The second-order valence-electron chi connectivity index (χ2n) is 3.24. The van der Waals surface area contributed by atoms with E-state index in [2.05, 4.69) is 10.6 Å². The summed E-state index contributed by atoms with van der Waals surface area (Å²) >= 11 is 0. The second kappa shape index (κ2) is 7.16. The number of anilines is 2. The third-order valence-electron chi connectivity index (χ3n) is 1.95. The maximum absolute atomic E-state index is 11.3. The van der Waals surface area contributed by atoms with E-state index in [1.807, 2.05) is 0 Å². The Kier molecular flexibility index (Phi) is 5.50. The lowest BCUT2D eigenvalue weighted by Crippen LogP contribution is -2.17. The maximum Gasteiger partial charge on any atom is 0.411 e. The molecule has 2 N–H and O–H groups in total. The van der Waals surface area contributed by atoms with Crippen molar-refractivity contribution in [2.75, 3.05) is 23.8 Å². The molecule has 1 rings (SSSR count). The number of amides is 2. The molecule has 0 aliphatic rings. The molecule has 0 saturated carbocycles. The van der Waals surface area contributed by atoms with Gasteiger partial charge >= 0.3 is 12.2 Å². The predicted molar refractivity (Wildman–Crippen MR) is 67.7 cm³/mol. The van der Waals surface area contributed by atoms with Gasteiger partial charge in [0.1, 0.15) is 0 Å². The van der Waals surface area contributed by atoms with E-state index in [4.69, 9.17) is 9.47 Å². The van der Waals surface area contributed by atoms with Gasteiger partial charge in [-0.3, -0.25) is 10.6 Å². The Bertz CT molecular complexity index is 381. The number of carbonyl (C=O) groups is 2. The molecular formula is C12H16N2O4. The van der Waals surface area contributed by atoms with Gasteiger partial charge in [0.2, 0.25) is 0 Å². The van der Waals surface area contributed by atoms with E-state index in [-0.39, 0.29) is 13.2 Å². The molecule has 2 amide bonds. The molecule has 6 nitrogen and oxygen atoms in total. The van der Waals surface area contributed by atoms with Gasteiger partial charge in [-0.15, -0.1) is 0 Å². The highest BCUT2D eigenvalue weighted by Gasteiger charge is 2.09. The Morgan fingerprint density at radius 3 is 1.67 bits per heavy atom. The summed E-state index contributed by atoms with van der Waals surface area (Å²) < 4.78 is 9.52. The highest BCUT2D eigenvalue weighted by Crippen LogP contribution is 2.21.